The van der Waals surface area contributed by atoms with Gasteiger partial charge in [0.1, 0.15) is 0 Å². The molecule has 114 valence electrons. The Morgan fingerprint density at radius 2 is 2.48 bits per heavy atom. The Morgan fingerprint density at radius 3 is 3.19 bits per heavy atom. The Bertz CT molecular complexity index is 488. The molecular formula is C15H23N5O. The number of aliphatic imine (C=N–C) groups is 1. The van der Waals surface area contributed by atoms with Gasteiger partial charge in [0.15, 0.2) is 5.96 Å². The maximum atomic E-state index is 11.8. The fraction of sp³-hybridized carbons (Fsp3) is 0.533. The van der Waals surface area contributed by atoms with Gasteiger partial charge in [-0.15, -0.1) is 0 Å². The van der Waals surface area contributed by atoms with Crippen molar-refractivity contribution >= 4 is 11.9 Å². The van der Waals surface area contributed by atoms with Crippen molar-refractivity contribution in [2.75, 3.05) is 26.2 Å². The van der Waals surface area contributed by atoms with Gasteiger partial charge in [-0.05, 0) is 30.9 Å². The van der Waals surface area contributed by atoms with Crippen molar-refractivity contribution in [3.63, 3.8) is 0 Å². The van der Waals surface area contributed by atoms with Crippen molar-refractivity contribution in [1.82, 2.24) is 15.2 Å². The lowest BCUT2D eigenvalue weighted by atomic mass is 10.0. The number of pyridine rings is 1. The molecule has 1 aliphatic heterocycles. The molecule has 3 N–H and O–H groups in total. The summed E-state index contributed by atoms with van der Waals surface area (Å²) in [5.74, 6) is 1.11. The van der Waals surface area contributed by atoms with Gasteiger partial charge >= 0.3 is 0 Å². The number of hydrogen-bond donors (Lipinski definition) is 2. The maximum Gasteiger partial charge on any atom is 0.252 e. The molecule has 0 aromatic carbocycles. The molecule has 21 heavy (non-hydrogen) atoms. The van der Waals surface area contributed by atoms with Gasteiger partial charge in [-0.1, -0.05) is 6.92 Å². The van der Waals surface area contributed by atoms with Gasteiger partial charge in [0.05, 0.1) is 12.1 Å². The topological polar surface area (TPSA) is 83.6 Å². The van der Waals surface area contributed by atoms with Gasteiger partial charge < -0.3 is 16.0 Å². The van der Waals surface area contributed by atoms with E-state index in [9.17, 15) is 4.79 Å². The van der Waals surface area contributed by atoms with Crippen LogP contribution in [0.2, 0.25) is 0 Å². The number of aromatic nitrogens is 1. The highest BCUT2D eigenvalue weighted by atomic mass is 16.1. The molecule has 1 aromatic rings. The summed E-state index contributed by atoms with van der Waals surface area (Å²) in [5.41, 5.74) is 6.55. The fourth-order valence-electron chi connectivity index (χ4n) is 2.44. The van der Waals surface area contributed by atoms with E-state index < -0.39 is 0 Å². The third-order valence-electron chi connectivity index (χ3n) is 3.58. The molecule has 6 nitrogen and oxygen atoms in total. The highest BCUT2D eigenvalue weighted by Crippen LogP contribution is 2.14. The summed E-state index contributed by atoms with van der Waals surface area (Å²) in [4.78, 5) is 22.2. The van der Waals surface area contributed by atoms with Crippen LogP contribution in [0.4, 0.5) is 0 Å². The summed E-state index contributed by atoms with van der Waals surface area (Å²) >= 11 is 0. The van der Waals surface area contributed by atoms with E-state index in [1.165, 1.54) is 6.42 Å². The standard InChI is InChI=1S/C15H23N5O/c1-12-4-3-9-20(11-12)15(16)19-8-7-18-14(21)13-5-2-6-17-10-13/h2,5-6,10,12H,3-4,7-9,11H2,1H3,(H2,16,19)(H,18,21). The number of carbonyl (C=O) groups excluding carboxylic acids is 1. The average Bonchev–Trinajstić information content (AvgIpc) is 2.52. The first-order valence-corrected chi connectivity index (χ1v) is 7.40. The van der Waals surface area contributed by atoms with E-state index in [2.05, 4.69) is 27.1 Å². The molecular weight excluding hydrogens is 266 g/mol. The largest absolute Gasteiger partial charge is 0.370 e. The molecule has 1 aromatic heterocycles. The Labute approximate surface area is 125 Å². The molecule has 0 radical (unpaired) electrons. The third kappa shape index (κ3) is 4.73. The van der Waals surface area contributed by atoms with Crippen molar-refractivity contribution in [2.45, 2.75) is 19.8 Å². The molecule has 1 saturated heterocycles. The monoisotopic (exact) mass is 289 g/mol. The number of nitrogens with zero attached hydrogens (tertiary/aromatic N) is 3. The van der Waals surface area contributed by atoms with Crippen LogP contribution in [0.25, 0.3) is 0 Å². The van der Waals surface area contributed by atoms with Crippen LogP contribution in [0.5, 0.6) is 0 Å². The van der Waals surface area contributed by atoms with Crippen molar-refractivity contribution < 1.29 is 4.79 Å². The lowest BCUT2D eigenvalue weighted by Gasteiger charge is -2.31. The summed E-state index contributed by atoms with van der Waals surface area (Å²) in [5, 5.41) is 2.81. The summed E-state index contributed by atoms with van der Waals surface area (Å²) in [6.45, 7) is 5.13. The molecule has 1 unspecified atom stereocenters. The number of piperidine rings is 1. The smallest absolute Gasteiger partial charge is 0.252 e. The lowest BCUT2D eigenvalue weighted by molar-refractivity contribution is 0.0954. The second kappa shape index (κ2) is 7.61. The number of likely N-dealkylation sites (tertiary alicyclic amines) is 1. The van der Waals surface area contributed by atoms with Crippen molar-refractivity contribution in [3.05, 3.63) is 30.1 Å². The predicted octanol–water partition coefficient (Wildman–Crippen LogP) is 0.858. The van der Waals surface area contributed by atoms with Crippen LogP contribution in [-0.2, 0) is 0 Å². The van der Waals surface area contributed by atoms with E-state index in [0.717, 1.165) is 19.5 Å². The number of amides is 1. The number of rotatable bonds is 4. The molecule has 0 bridgehead atoms. The Balaban J connectivity index is 1.73. The summed E-state index contributed by atoms with van der Waals surface area (Å²) in [6, 6.07) is 3.47. The van der Waals surface area contributed by atoms with Crippen LogP contribution >= 0.6 is 0 Å². The van der Waals surface area contributed by atoms with E-state index >= 15 is 0 Å². The van der Waals surface area contributed by atoms with Gasteiger partial charge in [-0.25, -0.2) is 0 Å². The quantitative estimate of drug-likeness (QED) is 0.489. The molecule has 1 fully saturated rings. The van der Waals surface area contributed by atoms with Crippen molar-refractivity contribution in [3.8, 4) is 0 Å². The first-order chi connectivity index (χ1) is 10.2. The highest BCUT2D eigenvalue weighted by molar-refractivity contribution is 5.93. The first kappa shape index (κ1) is 15.3. The van der Waals surface area contributed by atoms with Gasteiger partial charge in [0.2, 0.25) is 0 Å². The first-order valence-electron chi connectivity index (χ1n) is 7.40. The van der Waals surface area contributed by atoms with Crippen LogP contribution in [0.1, 0.15) is 30.1 Å². The molecule has 1 atom stereocenters. The van der Waals surface area contributed by atoms with E-state index in [0.29, 0.717) is 30.5 Å². The second-order valence-electron chi connectivity index (χ2n) is 5.43. The maximum absolute atomic E-state index is 11.8. The zero-order valence-electron chi connectivity index (χ0n) is 12.5. The zero-order valence-corrected chi connectivity index (χ0v) is 12.5. The predicted molar refractivity (Wildman–Crippen MR) is 83.0 cm³/mol. The van der Waals surface area contributed by atoms with Gasteiger partial charge in [0, 0.05) is 32.0 Å². The van der Waals surface area contributed by atoms with E-state index in [4.69, 9.17) is 5.73 Å². The molecule has 1 amide bonds. The van der Waals surface area contributed by atoms with E-state index in [-0.39, 0.29) is 5.91 Å². The number of nitrogens with one attached hydrogen (secondary N) is 1. The molecule has 1 aliphatic rings. The second-order valence-corrected chi connectivity index (χ2v) is 5.43. The molecule has 2 heterocycles. The minimum atomic E-state index is -0.136. The van der Waals surface area contributed by atoms with Gasteiger partial charge in [-0.2, -0.15) is 0 Å². The highest BCUT2D eigenvalue weighted by Gasteiger charge is 2.17. The van der Waals surface area contributed by atoms with Crippen LogP contribution in [0.15, 0.2) is 29.5 Å². The molecule has 0 spiro atoms. The van der Waals surface area contributed by atoms with E-state index in [1.807, 2.05) is 0 Å². The number of nitrogens with two attached hydrogens (primary N) is 1. The van der Waals surface area contributed by atoms with Crippen molar-refractivity contribution in [1.29, 1.82) is 0 Å². The molecule has 6 heteroatoms. The Kier molecular flexibility index (Phi) is 5.54. The lowest BCUT2D eigenvalue weighted by Crippen LogP contribution is -2.43. The summed E-state index contributed by atoms with van der Waals surface area (Å²) in [6.07, 6.45) is 5.60. The van der Waals surface area contributed by atoms with Gasteiger partial charge in [-0.3, -0.25) is 14.8 Å². The molecule has 0 aliphatic carbocycles. The average molecular weight is 289 g/mol. The minimum absolute atomic E-state index is 0.136. The third-order valence-corrected chi connectivity index (χ3v) is 3.58. The van der Waals surface area contributed by atoms with Crippen molar-refractivity contribution in [2.24, 2.45) is 16.6 Å². The van der Waals surface area contributed by atoms with E-state index in [1.54, 1.807) is 24.5 Å². The summed E-state index contributed by atoms with van der Waals surface area (Å²) < 4.78 is 0. The summed E-state index contributed by atoms with van der Waals surface area (Å²) in [7, 11) is 0. The van der Waals surface area contributed by atoms with Crippen LogP contribution in [0.3, 0.4) is 0 Å². The number of carbonyl (C=O) groups is 1. The minimum Gasteiger partial charge on any atom is -0.370 e. The van der Waals surface area contributed by atoms with Crippen LogP contribution < -0.4 is 11.1 Å². The normalized spacial score (nSPS) is 19.4. The Hall–Kier alpha value is -2.11. The fourth-order valence-corrected chi connectivity index (χ4v) is 2.44. The SMILES string of the molecule is CC1CCCN(C(N)=NCCNC(=O)c2cccnc2)C1. The zero-order chi connectivity index (χ0) is 15.1. The van der Waals surface area contributed by atoms with Crippen LogP contribution in [0, 0.1) is 5.92 Å². The van der Waals surface area contributed by atoms with Crippen LogP contribution in [-0.4, -0.2) is 47.9 Å². The Morgan fingerprint density at radius 1 is 1.62 bits per heavy atom. The number of hydrogen-bond acceptors (Lipinski definition) is 3. The molecule has 0 saturated carbocycles. The molecule has 2 rings (SSSR count). The number of guanidine groups is 1. The van der Waals surface area contributed by atoms with Gasteiger partial charge in [0.25, 0.3) is 5.91 Å².